The van der Waals surface area contributed by atoms with E-state index in [0.717, 1.165) is 0 Å². The van der Waals surface area contributed by atoms with Gasteiger partial charge in [-0.1, -0.05) is 11.6 Å². The zero-order valence-electron chi connectivity index (χ0n) is 8.68. The molecule has 0 N–H and O–H groups in total. The molecule has 0 aliphatic heterocycles. The number of fused-ring (bicyclic) bond motifs is 1. The van der Waals surface area contributed by atoms with Gasteiger partial charge < -0.3 is 4.74 Å². The van der Waals surface area contributed by atoms with Gasteiger partial charge in [-0.15, -0.1) is 10.2 Å². The molecule has 2 aromatic rings. The smallest absolute Gasteiger partial charge is 0.261 e. The van der Waals surface area contributed by atoms with Crippen molar-refractivity contribution in [2.75, 3.05) is 13.2 Å². The van der Waals surface area contributed by atoms with Gasteiger partial charge in [-0.05, 0) is 0 Å². The van der Waals surface area contributed by atoms with Gasteiger partial charge in [0.2, 0.25) is 0 Å². The van der Waals surface area contributed by atoms with E-state index >= 15 is 0 Å². The van der Waals surface area contributed by atoms with E-state index in [-0.39, 0.29) is 6.61 Å². The Bertz CT molecular complexity index is 505. The molecule has 0 bridgehead atoms. The number of ether oxygens (including phenoxy) is 1. The van der Waals surface area contributed by atoms with Crippen molar-refractivity contribution in [1.82, 2.24) is 19.6 Å². The summed E-state index contributed by atoms with van der Waals surface area (Å²) in [6.07, 6.45) is -0.581. The van der Waals surface area contributed by atoms with E-state index in [1.54, 1.807) is 10.5 Å². The van der Waals surface area contributed by atoms with E-state index in [0.29, 0.717) is 23.0 Å². The first-order valence-corrected chi connectivity index (χ1v) is 5.25. The van der Waals surface area contributed by atoms with Gasteiger partial charge in [0.1, 0.15) is 23.9 Å². The second-order valence-corrected chi connectivity index (χ2v) is 3.66. The lowest BCUT2D eigenvalue weighted by atomic mass is 10.4. The Labute approximate surface area is 100 Å². The molecule has 92 valence electrons. The molecule has 0 amide bonds. The fourth-order valence-corrected chi connectivity index (χ4v) is 1.47. The van der Waals surface area contributed by atoms with Gasteiger partial charge >= 0.3 is 0 Å². The average Bonchev–Trinajstić information content (AvgIpc) is 2.66. The minimum atomic E-state index is -2.45. The highest BCUT2D eigenvalue weighted by Gasteiger charge is 2.07. The largest absolute Gasteiger partial charge is 0.375 e. The van der Waals surface area contributed by atoms with Crippen molar-refractivity contribution in [3.8, 4) is 0 Å². The maximum absolute atomic E-state index is 11.8. The van der Waals surface area contributed by atoms with Crippen LogP contribution < -0.4 is 0 Å². The number of rotatable bonds is 5. The Morgan fingerprint density at radius 1 is 1.41 bits per heavy atom. The van der Waals surface area contributed by atoms with Crippen LogP contribution in [0.25, 0.3) is 5.65 Å². The molecule has 0 aromatic carbocycles. The molecule has 0 fully saturated rings. The molecular formula is C9H9ClF2N4O. The Kier molecular flexibility index (Phi) is 3.80. The standard InChI is InChI=1S/C9H9ClF2N4O/c10-6-3-9-15-14-8(16(9)5-13-6)1-2-17-4-7(11)12/h3,5,7H,1-2,4H2. The fraction of sp³-hybridized carbons (Fsp3) is 0.444. The molecule has 2 rings (SSSR count). The van der Waals surface area contributed by atoms with Crippen LogP contribution in [0.4, 0.5) is 8.78 Å². The molecule has 0 radical (unpaired) electrons. The highest BCUT2D eigenvalue weighted by molar-refractivity contribution is 6.29. The predicted octanol–water partition coefficient (Wildman–Crippen LogP) is 1.60. The number of aromatic nitrogens is 4. The molecule has 0 spiro atoms. The van der Waals surface area contributed by atoms with Gasteiger partial charge in [-0.25, -0.2) is 13.8 Å². The maximum Gasteiger partial charge on any atom is 0.261 e. The first kappa shape index (κ1) is 12.1. The molecule has 17 heavy (non-hydrogen) atoms. The van der Waals surface area contributed by atoms with E-state index in [4.69, 9.17) is 16.3 Å². The summed E-state index contributed by atoms with van der Waals surface area (Å²) >= 11 is 5.69. The van der Waals surface area contributed by atoms with Crippen LogP contribution in [0.2, 0.25) is 5.15 Å². The summed E-state index contributed by atoms with van der Waals surface area (Å²) < 4.78 is 30.0. The van der Waals surface area contributed by atoms with Crippen molar-refractivity contribution in [3.05, 3.63) is 23.4 Å². The Morgan fingerprint density at radius 2 is 2.24 bits per heavy atom. The van der Waals surface area contributed by atoms with Crippen LogP contribution in [-0.2, 0) is 11.2 Å². The van der Waals surface area contributed by atoms with Gasteiger partial charge in [-0.3, -0.25) is 4.40 Å². The van der Waals surface area contributed by atoms with Crippen LogP contribution in [0.3, 0.4) is 0 Å². The van der Waals surface area contributed by atoms with Crippen LogP contribution in [-0.4, -0.2) is 39.2 Å². The molecule has 5 nitrogen and oxygen atoms in total. The normalized spacial score (nSPS) is 11.5. The van der Waals surface area contributed by atoms with Crippen molar-refractivity contribution in [3.63, 3.8) is 0 Å². The number of halogens is 3. The van der Waals surface area contributed by atoms with Gasteiger partial charge in [0.05, 0.1) is 6.61 Å². The molecule has 0 atom stereocenters. The lowest BCUT2D eigenvalue weighted by Gasteiger charge is -2.02. The first-order chi connectivity index (χ1) is 8.16. The summed E-state index contributed by atoms with van der Waals surface area (Å²) in [4.78, 5) is 3.88. The molecule has 2 aromatic heterocycles. The van der Waals surface area contributed by atoms with Crippen molar-refractivity contribution in [2.45, 2.75) is 12.8 Å². The molecule has 0 unspecified atom stereocenters. The Hall–Kier alpha value is -1.34. The van der Waals surface area contributed by atoms with Gasteiger partial charge in [-0.2, -0.15) is 0 Å². The molecule has 0 saturated carbocycles. The average molecular weight is 263 g/mol. The first-order valence-electron chi connectivity index (χ1n) is 4.88. The fourth-order valence-electron chi connectivity index (χ4n) is 1.32. The molecule has 0 aliphatic rings. The van der Waals surface area contributed by atoms with Crippen LogP contribution in [0.1, 0.15) is 5.82 Å². The maximum atomic E-state index is 11.8. The van der Waals surface area contributed by atoms with E-state index in [9.17, 15) is 8.78 Å². The van der Waals surface area contributed by atoms with E-state index in [1.807, 2.05) is 0 Å². The lowest BCUT2D eigenvalue weighted by Crippen LogP contribution is -2.08. The highest BCUT2D eigenvalue weighted by Crippen LogP contribution is 2.09. The van der Waals surface area contributed by atoms with Crippen molar-refractivity contribution < 1.29 is 13.5 Å². The molecule has 8 heteroatoms. The van der Waals surface area contributed by atoms with Crippen LogP contribution in [0, 0.1) is 0 Å². The molecule has 2 heterocycles. The van der Waals surface area contributed by atoms with Gasteiger partial charge in [0.25, 0.3) is 6.43 Å². The monoisotopic (exact) mass is 262 g/mol. The minimum absolute atomic E-state index is 0.160. The number of hydrogen-bond acceptors (Lipinski definition) is 4. The second kappa shape index (κ2) is 5.33. The molecule has 0 saturated heterocycles. The van der Waals surface area contributed by atoms with Crippen LogP contribution >= 0.6 is 11.6 Å². The van der Waals surface area contributed by atoms with Gasteiger partial charge in [0, 0.05) is 12.5 Å². The zero-order chi connectivity index (χ0) is 12.3. The summed E-state index contributed by atoms with van der Waals surface area (Å²) in [7, 11) is 0. The minimum Gasteiger partial charge on any atom is -0.375 e. The molecule has 0 aliphatic carbocycles. The van der Waals surface area contributed by atoms with E-state index < -0.39 is 13.0 Å². The Morgan fingerprint density at radius 3 is 3.00 bits per heavy atom. The number of hydrogen-bond donors (Lipinski definition) is 0. The van der Waals surface area contributed by atoms with E-state index in [2.05, 4.69) is 15.2 Å². The van der Waals surface area contributed by atoms with Crippen molar-refractivity contribution in [1.29, 1.82) is 0 Å². The van der Waals surface area contributed by atoms with Crippen LogP contribution in [0.5, 0.6) is 0 Å². The predicted molar refractivity (Wildman–Crippen MR) is 56.3 cm³/mol. The summed E-state index contributed by atoms with van der Waals surface area (Å²) in [5.41, 5.74) is 0.564. The summed E-state index contributed by atoms with van der Waals surface area (Å²) in [6, 6.07) is 1.57. The van der Waals surface area contributed by atoms with E-state index in [1.165, 1.54) is 6.33 Å². The Balaban J connectivity index is 1.99. The summed E-state index contributed by atoms with van der Waals surface area (Å²) in [5.74, 6) is 0.596. The summed E-state index contributed by atoms with van der Waals surface area (Å²) in [6.45, 7) is -0.408. The lowest BCUT2D eigenvalue weighted by molar-refractivity contribution is 0.0182. The molecular weight excluding hydrogens is 254 g/mol. The zero-order valence-corrected chi connectivity index (χ0v) is 9.44. The van der Waals surface area contributed by atoms with Crippen LogP contribution in [0.15, 0.2) is 12.4 Å². The van der Waals surface area contributed by atoms with Gasteiger partial charge in [0.15, 0.2) is 5.65 Å². The third-order valence-electron chi connectivity index (χ3n) is 2.05. The SMILES string of the molecule is FC(F)COCCc1nnc2cc(Cl)ncn12. The quantitative estimate of drug-likeness (QED) is 0.607. The highest BCUT2D eigenvalue weighted by atomic mass is 35.5. The number of alkyl halides is 2. The third-order valence-corrected chi connectivity index (χ3v) is 2.26. The summed E-state index contributed by atoms with van der Waals surface area (Å²) in [5, 5.41) is 8.10. The van der Waals surface area contributed by atoms with Crippen molar-refractivity contribution >= 4 is 17.2 Å². The van der Waals surface area contributed by atoms with Crippen molar-refractivity contribution in [2.24, 2.45) is 0 Å². The number of nitrogens with zero attached hydrogens (tertiary/aromatic N) is 4. The third kappa shape index (κ3) is 3.07. The topological polar surface area (TPSA) is 52.3 Å². The second-order valence-electron chi connectivity index (χ2n) is 3.27.